The third-order valence-electron chi connectivity index (χ3n) is 4.88. The topological polar surface area (TPSA) is 113 Å². The van der Waals surface area contributed by atoms with Crippen LogP contribution < -0.4 is 4.74 Å². The van der Waals surface area contributed by atoms with E-state index in [4.69, 9.17) is 13.8 Å². The van der Waals surface area contributed by atoms with Gasteiger partial charge in [-0.2, -0.15) is 9.97 Å². The second-order valence-corrected chi connectivity index (χ2v) is 7.05. The van der Waals surface area contributed by atoms with Crippen LogP contribution in [0.3, 0.4) is 0 Å². The van der Waals surface area contributed by atoms with Crippen molar-refractivity contribution in [3.05, 3.63) is 65.6 Å². The molecule has 1 unspecified atom stereocenters. The maximum absolute atomic E-state index is 14.2. The van der Waals surface area contributed by atoms with Gasteiger partial charge < -0.3 is 18.5 Å². The molecule has 0 spiro atoms. The zero-order chi connectivity index (χ0) is 23.4. The number of benzene rings is 2. The van der Waals surface area contributed by atoms with E-state index in [9.17, 15) is 9.18 Å². The van der Waals surface area contributed by atoms with E-state index in [1.54, 1.807) is 12.1 Å². The maximum atomic E-state index is 14.2. The number of hydrogen-bond acceptors (Lipinski definition) is 9. The molecule has 0 aliphatic heterocycles. The first-order valence-electron chi connectivity index (χ1n) is 10.3. The van der Waals surface area contributed by atoms with Crippen molar-refractivity contribution in [2.24, 2.45) is 0 Å². The lowest BCUT2D eigenvalue weighted by atomic mass is 10.1. The largest absolute Gasteiger partial charge is 0.481 e. The average Bonchev–Trinajstić information content (AvgIpc) is 3.52. The molecule has 2 aromatic heterocycles. The van der Waals surface area contributed by atoms with Gasteiger partial charge in [-0.3, -0.25) is 0 Å². The third-order valence-corrected chi connectivity index (χ3v) is 4.88. The first-order valence-corrected chi connectivity index (χ1v) is 10.3. The van der Waals surface area contributed by atoms with Crippen LogP contribution in [0, 0.1) is 5.82 Å². The number of aromatic nitrogens is 4. The molecule has 4 aromatic rings. The Hall–Kier alpha value is -4.08. The summed E-state index contributed by atoms with van der Waals surface area (Å²) in [5.41, 5.74) is 0.993. The number of halogens is 1. The Balaban J connectivity index is 1.49. The summed E-state index contributed by atoms with van der Waals surface area (Å²) in [6.07, 6.45) is 0.720. The fourth-order valence-electron chi connectivity index (χ4n) is 3.08. The van der Waals surface area contributed by atoms with Gasteiger partial charge in [0.15, 0.2) is 6.10 Å². The third kappa shape index (κ3) is 4.74. The van der Waals surface area contributed by atoms with Crippen molar-refractivity contribution in [2.75, 3.05) is 7.11 Å². The number of ether oxygens (including phenoxy) is 2. The van der Waals surface area contributed by atoms with Crippen LogP contribution in [0.1, 0.15) is 48.5 Å². The zero-order valence-electron chi connectivity index (χ0n) is 18.2. The minimum absolute atomic E-state index is 0.171. The molecule has 0 amide bonds. The summed E-state index contributed by atoms with van der Waals surface area (Å²) in [6.45, 7) is 3.86. The standard InChI is InChI=1S/C23H21FN4O5/c1-4-18(31-15-9-6-13(7-10-15)20-25-19(5-2)32-27-20)22-26-21(28-33-22)14-8-11-16(17(24)12-14)23(29)30-3/h6-12,18H,4-5H2,1-3H3. The number of methoxy groups -OCH3 is 1. The molecule has 10 heteroatoms. The normalized spacial score (nSPS) is 11.9. The molecule has 0 N–H and O–H groups in total. The Labute approximate surface area is 188 Å². The number of carbonyl (C=O) groups excluding carboxylic acids is 1. The number of hydrogen-bond donors (Lipinski definition) is 0. The van der Waals surface area contributed by atoms with Gasteiger partial charge in [-0.25, -0.2) is 9.18 Å². The van der Waals surface area contributed by atoms with Gasteiger partial charge in [0.2, 0.25) is 17.5 Å². The van der Waals surface area contributed by atoms with Gasteiger partial charge in [-0.1, -0.05) is 24.2 Å². The van der Waals surface area contributed by atoms with Crippen molar-refractivity contribution in [3.63, 3.8) is 0 Å². The summed E-state index contributed by atoms with van der Waals surface area (Å²) in [5, 5.41) is 7.88. The smallest absolute Gasteiger partial charge is 0.340 e. The van der Waals surface area contributed by atoms with Crippen molar-refractivity contribution >= 4 is 5.97 Å². The Morgan fingerprint density at radius 1 is 1.00 bits per heavy atom. The van der Waals surface area contributed by atoms with Crippen LogP contribution in [0.25, 0.3) is 22.8 Å². The monoisotopic (exact) mass is 452 g/mol. The fraction of sp³-hybridized carbons (Fsp3) is 0.261. The first-order chi connectivity index (χ1) is 16.0. The summed E-state index contributed by atoms with van der Waals surface area (Å²) in [6, 6.07) is 11.2. The molecule has 9 nitrogen and oxygen atoms in total. The summed E-state index contributed by atoms with van der Waals surface area (Å²) in [4.78, 5) is 20.2. The Morgan fingerprint density at radius 3 is 2.33 bits per heavy atom. The highest BCUT2D eigenvalue weighted by molar-refractivity contribution is 5.90. The molecule has 0 bridgehead atoms. The van der Waals surface area contributed by atoms with Crippen LogP contribution >= 0.6 is 0 Å². The number of rotatable bonds is 8. The van der Waals surface area contributed by atoms with E-state index in [-0.39, 0.29) is 17.3 Å². The van der Waals surface area contributed by atoms with Crippen LogP contribution in [0.4, 0.5) is 4.39 Å². The lowest BCUT2D eigenvalue weighted by Crippen LogP contribution is -2.07. The van der Waals surface area contributed by atoms with Gasteiger partial charge in [0, 0.05) is 17.5 Å². The lowest BCUT2D eigenvalue weighted by Gasteiger charge is -2.13. The summed E-state index contributed by atoms with van der Waals surface area (Å²) in [5.74, 6) is 0.616. The number of esters is 1. The highest BCUT2D eigenvalue weighted by Gasteiger charge is 2.21. The summed E-state index contributed by atoms with van der Waals surface area (Å²) in [7, 11) is 1.19. The fourth-order valence-corrected chi connectivity index (χ4v) is 3.08. The molecule has 33 heavy (non-hydrogen) atoms. The van der Waals surface area contributed by atoms with Crippen molar-refractivity contribution < 1.29 is 27.7 Å². The van der Waals surface area contributed by atoms with E-state index in [0.29, 0.717) is 35.9 Å². The molecule has 0 fully saturated rings. The van der Waals surface area contributed by atoms with Gasteiger partial charge >= 0.3 is 5.97 Å². The second kappa shape index (κ2) is 9.60. The first kappa shape index (κ1) is 22.1. The molecular formula is C23H21FN4O5. The highest BCUT2D eigenvalue weighted by atomic mass is 19.1. The lowest BCUT2D eigenvalue weighted by molar-refractivity contribution is 0.0595. The molecule has 2 heterocycles. The van der Waals surface area contributed by atoms with E-state index in [1.807, 2.05) is 26.0 Å². The summed E-state index contributed by atoms with van der Waals surface area (Å²) < 4.78 is 35.3. The highest BCUT2D eigenvalue weighted by Crippen LogP contribution is 2.28. The Kier molecular flexibility index (Phi) is 6.43. The number of nitrogens with zero attached hydrogens (tertiary/aromatic N) is 4. The Bertz CT molecular complexity index is 1250. The zero-order valence-corrected chi connectivity index (χ0v) is 18.2. The summed E-state index contributed by atoms with van der Waals surface area (Å²) >= 11 is 0. The quantitative estimate of drug-likeness (QED) is 0.348. The van der Waals surface area contributed by atoms with Crippen molar-refractivity contribution in [1.29, 1.82) is 0 Å². The van der Waals surface area contributed by atoms with E-state index < -0.39 is 17.9 Å². The molecule has 0 aliphatic rings. The van der Waals surface area contributed by atoms with Crippen LogP contribution in [0.2, 0.25) is 0 Å². The second-order valence-electron chi connectivity index (χ2n) is 7.05. The molecule has 0 radical (unpaired) electrons. The van der Waals surface area contributed by atoms with Crippen LogP contribution in [0.5, 0.6) is 5.75 Å². The van der Waals surface area contributed by atoms with Crippen LogP contribution in [-0.2, 0) is 11.2 Å². The molecule has 0 saturated carbocycles. The molecule has 4 rings (SSSR count). The molecule has 0 saturated heterocycles. The van der Waals surface area contributed by atoms with Gasteiger partial charge in [0.05, 0.1) is 12.7 Å². The molecule has 1 atom stereocenters. The minimum Gasteiger partial charge on any atom is -0.481 e. The molecule has 2 aromatic carbocycles. The number of carbonyl (C=O) groups is 1. The van der Waals surface area contributed by atoms with Crippen molar-refractivity contribution in [1.82, 2.24) is 20.3 Å². The van der Waals surface area contributed by atoms with Crippen molar-refractivity contribution in [2.45, 2.75) is 32.8 Å². The minimum atomic E-state index is -0.761. The average molecular weight is 452 g/mol. The molecule has 0 aliphatic carbocycles. The predicted molar refractivity (Wildman–Crippen MR) is 114 cm³/mol. The molecule has 170 valence electrons. The SMILES string of the molecule is CCc1nc(-c2ccc(OC(CC)c3nc(-c4ccc(C(=O)OC)c(F)c4)no3)cc2)no1. The van der Waals surface area contributed by atoms with Gasteiger partial charge in [-0.05, 0) is 48.9 Å². The number of aryl methyl sites for hydroxylation is 1. The van der Waals surface area contributed by atoms with E-state index in [0.717, 1.165) is 11.6 Å². The molecular weight excluding hydrogens is 431 g/mol. The van der Waals surface area contributed by atoms with Gasteiger partial charge in [-0.15, -0.1) is 0 Å². The maximum Gasteiger partial charge on any atom is 0.340 e. The van der Waals surface area contributed by atoms with E-state index in [2.05, 4.69) is 25.0 Å². The van der Waals surface area contributed by atoms with Gasteiger partial charge in [0.1, 0.15) is 11.6 Å². The van der Waals surface area contributed by atoms with Gasteiger partial charge in [0.25, 0.3) is 5.89 Å². The van der Waals surface area contributed by atoms with E-state index in [1.165, 1.54) is 19.2 Å². The predicted octanol–water partition coefficient (Wildman–Crippen LogP) is 4.80. The van der Waals surface area contributed by atoms with Crippen LogP contribution in [-0.4, -0.2) is 33.4 Å². The van der Waals surface area contributed by atoms with Crippen molar-refractivity contribution in [3.8, 4) is 28.5 Å². The van der Waals surface area contributed by atoms with Crippen LogP contribution in [0.15, 0.2) is 51.5 Å². The van der Waals surface area contributed by atoms with E-state index >= 15 is 0 Å². The Morgan fingerprint density at radius 2 is 1.70 bits per heavy atom.